The summed E-state index contributed by atoms with van der Waals surface area (Å²) in [4.78, 5) is 70.4. The second-order valence-corrected chi connectivity index (χ2v) is 28.0. The lowest BCUT2D eigenvalue weighted by atomic mass is 10.1. The fraction of sp³-hybridized carbons (Fsp3) is 0.240. The summed E-state index contributed by atoms with van der Waals surface area (Å²) >= 11 is 12.8. The molecule has 6 aliphatic heterocycles. The number of carbonyl (C=O) groups is 3. The van der Waals surface area contributed by atoms with Gasteiger partial charge in [0.2, 0.25) is 17.7 Å². The molecule has 3 fully saturated rings. The number of rotatable bonds is 9. The number of alkyl halides is 9. The van der Waals surface area contributed by atoms with Crippen LogP contribution in [0.2, 0.25) is 10.0 Å². The molecule has 0 spiro atoms. The number of nitrogens with one attached hydrogen (secondary N) is 6. The van der Waals surface area contributed by atoms with E-state index >= 15 is 0 Å². The van der Waals surface area contributed by atoms with Crippen molar-refractivity contribution in [3.05, 3.63) is 211 Å². The Bertz CT molecular complexity index is 5570. The average molecular weight is 1500 g/mol. The molecule has 12 heterocycles. The van der Waals surface area contributed by atoms with Crippen molar-refractivity contribution in [1.29, 1.82) is 0 Å². The van der Waals surface area contributed by atoms with Crippen molar-refractivity contribution >= 4 is 91.5 Å². The monoisotopic (exact) mass is 1500 g/mol. The number of halogens is 11. The Morgan fingerprint density at radius 1 is 0.393 bits per heavy atom. The zero-order valence-corrected chi connectivity index (χ0v) is 56.2. The maximum atomic E-state index is 13.1. The van der Waals surface area contributed by atoms with Gasteiger partial charge < -0.3 is 59.3 Å². The lowest BCUT2D eigenvalue weighted by Crippen LogP contribution is -2.20. The number of carbonyl (C=O) groups excluding carboxylic acids is 3. The van der Waals surface area contributed by atoms with Gasteiger partial charge in [-0.05, 0) is 135 Å². The Balaban J connectivity index is 0.000000110. The number of aromatic amines is 3. The van der Waals surface area contributed by atoms with E-state index in [1.54, 1.807) is 24.4 Å². The maximum Gasteiger partial charge on any atom is 0.416 e. The normalized spacial score (nSPS) is 22.0. The molecule has 0 bridgehead atoms. The SMILES string of the molecule is O=C1CCc2c(Oc3ccc4c(c3)C3C(O4)C3c3nc4ccc(C(F)(F)F)cc4[nH]3)ccnc2N1.O=C1CCc2c(ncc(Cl)c2Oc2ccc3c(c2)C2C(O3)C2c2nc3ccc(C(F)(F)F)cc3[nH]2)N1.O=C1CCc2c(ncc(Cl)c2Oc2ccc3c(c2)C2C(O3)C2c2nc3ccc(C(F)(F)F)cc3[nH]2)N1. The third-order valence-electron chi connectivity index (χ3n) is 20.5. The number of imidazole rings is 3. The largest absolute Gasteiger partial charge is 0.489 e. The van der Waals surface area contributed by atoms with Gasteiger partial charge in [-0.2, -0.15) is 39.5 Å². The van der Waals surface area contributed by atoms with Crippen LogP contribution in [0.3, 0.4) is 0 Å². The van der Waals surface area contributed by atoms with Gasteiger partial charge in [0.25, 0.3) is 0 Å². The second-order valence-electron chi connectivity index (χ2n) is 27.2. The summed E-state index contributed by atoms with van der Waals surface area (Å²) in [6.07, 6.45) is -6.70. The van der Waals surface area contributed by atoms with Crippen LogP contribution in [-0.2, 0) is 52.2 Å². The molecule has 6 aromatic carbocycles. The van der Waals surface area contributed by atoms with E-state index < -0.39 is 35.2 Å². The van der Waals surface area contributed by atoms with Gasteiger partial charge in [-0.25, -0.2) is 29.9 Å². The van der Waals surface area contributed by atoms with Crippen LogP contribution in [0.4, 0.5) is 57.0 Å². The Morgan fingerprint density at radius 2 is 0.738 bits per heavy atom. The molecule has 12 aromatic rings. The molecule has 9 unspecified atom stereocenters. The topological polar surface area (TPSA) is 267 Å². The molecular formula is C75H49Cl2F9N12O9. The van der Waals surface area contributed by atoms with Gasteiger partial charge in [0.15, 0.2) is 11.5 Å². The van der Waals surface area contributed by atoms with Crippen molar-refractivity contribution in [1.82, 2.24) is 44.9 Å². The second kappa shape index (κ2) is 24.2. The molecule has 9 atom stereocenters. The number of fused-ring (bicyclic) bond motifs is 15. The van der Waals surface area contributed by atoms with Crippen LogP contribution in [0.15, 0.2) is 134 Å². The molecule has 540 valence electrons. The summed E-state index contributed by atoms with van der Waals surface area (Å²) in [5.74, 6) is 8.22. The van der Waals surface area contributed by atoms with Crippen molar-refractivity contribution in [3.63, 3.8) is 0 Å². The lowest BCUT2D eigenvalue weighted by Gasteiger charge is -2.20. The number of anilines is 3. The predicted octanol–water partition coefficient (Wildman–Crippen LogP) is 17.2. The number of pyridine rings is 3. The molecule has 9 aliphatic rings. The van der Waals surface area contributed by atoms with E-state index in [2.05, 4.69) is 60.8 Å². The number of benzene rings is 6. The minimum atomic E-state index is -4.42. The highest BCUT2D eigenvalue weighted by atomic mass is 35.5. The number of nitrogens with zero attached hydrogens (tertiary/aromatic N) is 6. The summed E-state index contributed by atoms with van der Waals surface area (Å²) in [6.45, 7) is 0. The van der Waals surface area contributed by atoms with Crippen molar-refractivity contribution in [2.45, 2.75) is 111 Å². The Hall–Kier alpha value is -11.7. The Morgan fingerprint density at radius 3 is 1.10 bits per heavy atom. The van der Waals surface area contributed by atoms with Crippen molar-refractivity contribution in [2.24, 2.45) is 0 Å². The summed E-state index contributed by atoms with van der Waals surface area (Å²) < 4.78 is 154. The number of hydrogen-bond donors (Lipinski definition) is 6. The average Bonchev–Trinajstić information content (AvgIpc) is 1.55. The highest BCUT2D eigenvalue weighted by Crippen LogP contribution is 2.66. The van der Waals surface area contributed by atoms with E-state index in [9.17, 15) is 53.9 Å². The van der Waals surface area contributed by atoms with Crippen LogP contribution in [0, 0.1) is 0 Å². The van der Waals surface area contributed by atoms with E-state index in [0.717, 1.165) is 87.0 Å². The summed E-state index contributed by atoms with van der Waals surface area (Å²) in [7, 11) is 0. The van der Waals surface area contributed by atoms with Gasteiger partial charge in [-0.3, -0.25) is 14.4 Å². The Labute approximate surface area is 605 Å². The van der Waals surface area contributed by atoms with Crippen LogP contribution in [0.25, 0.3) is 33.1 Å². The molecule has 3 saturated carbocycles. The first-order valence-electron chi connectivity index (χ1n) is 33.8. The fourth-order valence-corrected chi connectivity index (χ4v) is 15.7. The molecular weight excluding hydrogens is 1450 g/mol. The quantitative estimate of drug-likeness (QED) is 0.0734. The van der Waals surface area contributed by atoms with Gasteiger partial charge >= 0.3 is 18.5 Å². The number of aromatic nitrogens is 9. The van der Waals surface area contributed by atoms with Crippen LogP contribution in [0.1, 0.15) is 122 Å². The molecule has 0 saturated heterocycles. The zero-order chi connectivity index (χ0) is 73.4. The summed E-state index contributed by atoms with van der Waals surface area (Å²) in [5.41, 5.74) is 5.50. The van der Waals surface area contributed by atoms with Crippen LogP contribution >= 0.6 is 23.2 Å². The summed E-state index contributed by atoms with van der Waals surface area (Å²) in [5, 5.41) is 8.91. The van der Waals surface area contributed by atoms with Gasteiger partial charge in [-0.15, -0.1) is 0 Å². The van der Waals surface area contributed by atoms with E-state index in [4.69, 9.17) is 51.6 Å². The van der Waals surface area contributed by atoms with Gasteiger partial charge in [0.05, 0.1) is 79.9 Å². The smallest absolute Gasteiger partial charge is 0.416 e. The van der Waals surface area contributed by atoms with Gasteiger partial charge in [0.1, 0.15) is 104 Å². The molecule has 21 nitrogen and oxygen atoms in total. The first-order chi connectivity index (χ1) is 51.4. The maximum absolute atomic E-state index is 13.1. The van der Waals surface area contributed by atoms with Crippen LogP contribution < -0.4 is 44.4 Å². The predicted molar refractivity (Wildman–Crippen MR) is 366 cm³/mol. The molecule has 21 rings (SSSR count). The van der Waals surface area contributed by atoms with E-state index in [1.165, 1.54) is 30.6 Å². The highest BCUT2D eigenvalue weighted by Gasteiger charge is 2.63. The van der Waals surface area contributed by atoms with Gasteiger partial charge in [-0.1, -0.05) is 23.2 Å². The zero-order valence-electron chi connectivity index (χ0n) is 54.7. The molecule has 6 N–H and O–H groups in total. The first-order valence-corrected chi connectivity index (χ1v) is 34.5. The van der Waals surface area contributed by atoms with E-state index in [1.807, 2.05) is 42.5 Å². The van der Waals surface area contributed by atoms with Crippen molar-refractivity contribution in [3.8, 4) is 51.7 Å². The summed E-state index contributed by atoms with van der Waals surface area (Å²) in [6, 6.07) is 28.8. The number of amides is 3. The third kappa shape index (κ3) is 11.8. The number of hydrogen-bond acceptors (Lipinski definition) is 15. The molecule has 32 heteroatoms. The molecule has 0 radical (unpaired) electrons. The molecule has 3 amide bonds. The third-order valence-corrected chi connectivity index (χ3v) is 21.1. The Kier molecular flexibility index (Phi) is 14.9. The minimum absolute atomic E-state index is 0.00677. The number of ether oxygens (including phenoxy) is 6. The minimum Gasteiger partial charge on any atom is -0.489 e. The molecule has 3 aliphatic carbocycles. The van der Waals surface area contributed by atoms with Crippen LogP contribution in [0.5, 0.6) is 51.7 Å². The van der Waals surface area contributed by atoms with E-state index in [-0.39, 0.29) is 71.5 Å². The highest BCUT2D eigenvalue weighted by molar-refractivity contribution is 6.32. The van der Waals surface area contributed by atoms with Gasteiger partial charge in [0, 0.05) is 76.6 Å². The van der Waals surface area contributed by atoms with E-state index in [0.29, 0.717) is 151 Å². The molecule has 6 aromatic heterocycles. The van der Waals surface area contributed by atoms with Crippen LogP contribution in [-0.4, -0.2) is 80.9 Å². The standard InChI is InChI=1S/2C25H16ClF3N4O3.C25H17F3N4O3/c2*26-14-9-30-23-12(3-6-18(34)33-23)21(14)35-11-2-5-17-13(8-11)19-20(22(19)36-17)24-31-15-4-1-10(25(27,28)29)7-16(15)32-24;26-25(27,28)11-1-4-15-16(9-11)31-24(30-15)21-20-14-10-12(2-5-17(14)35-22(20)21)34-18-7-8-29-23-13(18)3-6-19(33)32-23/h2*1-2,4-5,7-9,19-20,22H,3,6H2,(H,31,32)(H,30,33,34);1-2,4-5,7-10,20-22H,3,6H2,(H,30,31)(H,29,32,33). The van der Waals surface area contributed by atoms with Crippen molar-refractivity contribution in [2.75, 3.05) is 16.0 Å². The number of H-pyrrole nitrogens is 3. The lowest BCUT2D eigenvalue weighted by molar-refractivity contribution is -0.138. The first kappa shape index (κ1) is 66.1. The fourth-order valence-electron chi connectivity index (χ4n) is 15.3. The van der Waals surface area contributed by atoms with Crippen molar-refractivity contribution < 1.29 is 82.3 Å². The molecule has 107 heavy (non-hydrogen) atoms.